The van der Waals surface area contributed by atoms with Gasteiger partial charge < -0.3 is 14.8 Å². The molecule has 0 unspecified atom stereocenters. The largest absolute Gasteiger partial charge is 0.463 e. The van der Waals surface area contributed by atoms with Gasteiger partial charge in [0.25, 0.3) is 5.56 Å². The Morgan fingerprint density at radius 2 is 2.18 bits per heavy atom. The molecule has 1 aromatic heterocycles. The predicted molar refractivity (Wildman–Crippen MR) is 97.5 cm³/mol. The molecule has 1 aliphatic heterocycles. The Morgan fingerprint density at radius 3 is 2.82 bits per heavy atom. The maximum Gasteiger partial charge on any atom is 0.330 e. The van der Waals surface area contributed by atoms with Gasteiger partial charge in [0.15, 0.2) is 0 Å². The summed E-state index contributed by atoms with van der Waals surface area (Å²) in [5.74, 6) is -0.883. The molecule has 2 rings (SSSR count). The molecule has 149 valence electrons. The van der Waals surface area contributed by atoms with Gasteiger partial charge in [0.1, 0.15) is 18.9 Å². The fourth-order valence-electron chi connectivity index (χ4n) is 2.61. The summed E-state index contributed by atoms with van der Waals surface area (Å²) in [5.41, 5.74) is 7.89. The van der Waals surface area contributed by atoms with Crippen molar-refractivity contribution in [1.82, 2.24) is 14.9 Å². The molecule has 1 amide bonds. The minimum absolute atomic E-state index is 0. The average Bonchev–Trinajstić information content (AvgIpc) is 3.03. The maximum atomic E-state index is 12.0. The molecule has 0 aliphatic carbocycles. The molecular formula is C15H20BN6O6. The van der Waals surface area contributed by atoms with Crippen LogP contribution in [0.2, 0.25) is 0 Å². The zero-order valence-electron chi connectivity index (χ0n) is 15.5. The summed E-state index contributed by atoms with van der Waals surface area (Å²) >= 11 is 0. The molecule has 28 heavy (non-hydrogen) atoms. The number of aromatic amines is 1. The monoisotopic (exact) mass is 391 g/mol. The quantitative estimate of drug-likeness (QED) is 0.209. The van der Waals surface area contributed by atoms with Crippen LogP contribution in [0, 0.1) is 6.92 Å². The first-order valence-electron chi connectivity index (χ1n) is 8.23. The smallest absolute Gasteiger partial charge is 0.330 e. The molecule has 1 fully saturated rings. The minimum atomic E-state index is -0.780. The van der Waals surface area contributed by atoms with E-state index in [1.165, 1.54) is 17.8 Å². The average molecular weight is 391 g/mol. The van der Waals surface area contributed by atoms with Crippen LogP contribution in [0.3, 0.4) is 0 Å². The van der Waals surface area contributed by atoms with E-state index >= 15 is 0 Å². The topological polar surface area (TPSA) is 168 Å². The highest BCUT2D eigenvalue weighted by atomic mass is 16.6. The molecule has 0 aromatic carbocycles. The van der Waals surface area contributed by atoms with Crippen molar-refractivity contribution in [2.24, 2.45) is 5.11 Å². The van der Waals surface area contributed by atoms with Crippen molar-refractivity contribution < 1.29 is 19.1 Å². The second-order valence-corrected chi connectivity index (χ2v) is 5.97. The third-order valence-electron chi connectivity index (χ3n) is 4.10. The van der Waals surface area contributed by atoms with Gasteiger partial charge in [-0.2, -0.15) is 0 Å². The summed E-state index contributed by atoms with van der Waals surface area (Å²) in [6.07, 6.45) is -0.102. The molecule has 1 aliphatic rings. The van der Waals surface area contributed by atoms with Gasteiger partial charge in [0.05, 0.1) is 12.5 Å². The van der Waals surface area contributed by atoms with Crippen LogP contribution in [-0.2, 0) is 19.1 Å². The number of aryl methyl sites for hydroxylation is 1. The SMILES string of the molecule is CNC(=O)CCC(=O)OC[C@H]1O[C@@H](n2cc(C)c(=O)[nH]c2=O)C[C@@H]1N=[N+]=[N-].[B]. The number of carbonyl (C=O) groups is 2. The summed E-state index contributed by atoms with van der Waals surface area (Å²) in [4.78, 5) is 51.3. The number of azide groups is 1. The van der Waals surface area contributed by atoms with Gasteiger partial charge in [-0.3, -0.25) is 23.9 Å². The van der Waals surface area contributed by atoms with Crippen molar-refractivity contribution in [3.8, 4) is 0 Å². The van der Waals surface area contributed by atoms with Crippen molar-refractivity contribution in [2.75, 3.05) is 13.7 Å². The van der Waals surface area contributed by atoms with Crippen LogP contribution < -0.4 is 16.6 Å². The minimum Gasteiger partial charge on any atom is -0.463 e. The molecular weight excluding hydrogens is 371 g/mol. The highest BCUT2D eigenvalue weighted by Gasteiger charge is 2.37. The lowest BCUT2D eigenvalue weighted by Gasteiger charge is -2.16. The van der Waals surface area contributed by atoms with Crippen molar-refractivity contribution in [1.29, 1.82) is 0 Å². The Morgan fingerprint density at radius 1 is 1.46 bits per heavy atom. The van der Waals surface area contributed by atoms with Gasteiger partial charge in [-0.1, -0.05) is 5.11 Å². The number of esters is 1. The Bertz CT molecular complexity index is 877. The molecule has 13 heteroatoms. The van der Waals surface area contributed by atoms with Crippen LogP contribution in [0.1, 0.15) is 31.1 Å². The lowest BCUT2D eigenvalue weighted by Crippen LogP contribution is -2.33. The Labute approximate surface area is 161 Å². The number of rotatable bonds is 7. The van der Waals surface area contributed by atoms with Gasteiger partial charge in [-0.05, 0) is 12.5 Å². The van der Waals surface area contributed by atoms with E-state index in [9.17, 15) is 19.2 Å². The van der Waals surface area contributed by atoms with E-state index in [1.807, 2.05) is 0 Å². The molecule has 2 heterocycles. The van der Waals surface area contributed by atoms with Crippen LogP contribution in [0.25, 0.3) is 10.4 Å². The van der Waals surface area contributed by atoms with Gasteiger partial charge in [0, 0.05) is 45.0 Å². The number of hydrogen-bond acceptors (Lipinski definition) is 7. The number of amides is 1. The molecule has 2 N–H and O–H groups in total. The molecule has 1 saturated heterocycles. The van der Waals surface area contributed by atoms with Crippen LogP contribution in [0.5, 0.6) is 0 Å². The van der Waals surface area contributed by atoms with Crippen LogP contribution in [-0.4, -0.2) is 55.6 Å². The number of nitrogens with one attached hydrogen (secondary N) is 2. The maximum absolute atomic E-state index is 12.0. The van der Waals surface area contributed by atoms with E-state index in [-0.39, 0.29) is 40.2 Å². The zero-order chi connectivity index (χ0) is 20.0. The molecule has 0 spiro atoms. The number of H-pyrrole nitrogens is 1. The second kappa shape index (κ2) is 10.3. The second-order valence-electron chi connectivity index (χ2n) is 5.97. The van der Waals surface area contributed by atoms with E-state index in [4.69, 9.17) is 15.0 Å². The van der Waals surface area contributed by atoms with Gasteiger partial charge in [-0.25, -0.2) is 4.79 Å². The van der Waals surface area contributed by atoms with E-state index in [2.05, 4.69) is 20.3 Å². The van der Waals surface area contributed by atoms with E-state index in [0.717, 1.165) is 0 Å². The van der Waals surface area contributed by atoms with Gasteiger partial charge >= 0.3 is 11.7 Å². The Hall–Kier alpha value is -3.05. The van der Waals surface area contributed by atoms with E-state index < -0.39 is 35.6 Å². The summed E-state index contributed by atoms with van der Waals surface area (Å²) < 4.78 is 12.0. The fourth-order valence-corrected chi connectivity index (χ4v) is 2.61. The van der Waals surface area contributed by atoms with Gasteiger partial charge in [0.2, 0.25) is 5.91 Å². The van der Waals surface area contributed by atoms with E-state index in [1.54, 1.807) is 6.92 Å². The van der Waals surface area contributed by atoms with Crippen molar-refractivity contribution >= 4 is 20.3 Å². The van der Waals surface area contributed by atoms with Crippen molar-refractivity contribution in [2.45, 2.75) is 44.6 Å². The first-order chi connectivity index (χ1) is 12.8. The molecule has 3 radical (unpaired) electrons. The number of hydrogen-bond donors (Lipinski definition) is 2. The van der Waals surface area contributed by atoms with Crippen LogP contribution >= 0.6 is 0 Å². The lowest BCUT2D eigenvalue weighted by atomic mass is 10.1. The van der Waals surface area contributed by atoms with Crippen LogP contribution in [0.15, 0.2) is 20.9 Å². The number of aromatic nitrogens is 2. The molecule has 12 nitrogen and oxygen atoms in total. The summed E-state index contributed by atoms with van der Waals surface area (Å²) in [5, 5.41) is 6.02. The zero-order valence-corrected chi connectivity index (χ0v) is 15.5. The summed E-state index contributed by atoms with van der Waals surface area (Å²) in [7, 11) is 1.46. The normalized spacial score (nSPS) is 20.6. The highest BCUT2D eigenvalue weighted by molar-refractivity contribution is 5.80. The molecule has 0 saturated carbocycles. The Balaban J connectivity index is 0.00000392. The summed E-state index contributed by atoms with van der Waals surface area (Å²) in [6, 6.07) is -0.661. The molecule has 3 atom stereocenters. The third-order valence-corrected chi connectivity index (χ3v) is 4.10. The predicted octanol–water partition coefficient (Wildman–Crippen LogP) is -0.500. The van der Waals surface area contributed by atoms with Crippen molar-refractivity contribution in [3.05, 3.63) is 43.0 Å². The highest BCUT2D eigenvalue weighted by Crippen LogP contribution is 2.30. The lowest BCUT2D eigenvalue weighted by molar-refractivity contribution is -0.149. The molecule has 1 aromatic rings. The number of ether oxygens (including phenoxy) is 2. The standard InChI is InChI=1S/C15H20N6O6.B/c1-8-6-21(15(25)18-14(8)24)12-5-9(19-20-16)10(27-12)7-26-13(23)4-3-11(22)17-2;/h6,9-10,12H,3-5,7H2,1-2H3,(H,17,22)(H,18,24,25);/t9-,10+,12+;/m0./s1. The van der Waals surface area contributed by atoms with Crippen molar-refractivity contribution in [3.63, 3.8) is 0 Å². The first-order valence-corrected chi connectivity index (χ1v) is 8.23. The fraction of sp³-hybridized carbons (Fsp3) is 0.600. The van der Waals surface area contributed by atoms with Crippen LogP contribution in [0.4, 0.5) is 0 Å². The first kappa shape index (κ1) is 23.0. The number of carbonyl (C=O) groups excluding carboxylic acids is 2. The third kappa shape index (κ3) is 5.73. The van der Waals surface area contributed by atoms with Gasteiger partial charge in [-0.15, -0.1) is 0 Å². The summed E-state index contributed by atoms with van der Waals surface area (Å²) in [6.45, 7) is 1.35. The molecule has 0 bridgehead atoms. The number of nitrogens with zero attached hydrogens (tertiary/aromatic N) is 4. The van der Waals surface area contributed by atoms with E-state index in [0.29, 0.717) is 5.56 Å². The Kier molecular flexibility index (Phi) is 8.48.